The third-order valence-electron chi connectivity index (χ3n) is 3.03. The van der Waals surface area contributed by atoms with Gasteiger partial charge in [0.1, 0.15) is 0 Å². The average molecular weight is 274 g/mol. The van der Waals surface area contributed by atoms with Crippen molar-refractivity contribution in [2.45, 2.75) is 0 Å². The molecule has 1 aliphatic heterocycles. The number of ether oxygens (including phenoxy) is 1. The summed E-state index contributed by atoms with van der Waals surface area (Å²) in [4.78, 5) is 20.2. The van der Waals surface area contributed by atoms with Crippen LogP contribution in [0, 0.1) is 0 Å². The lowest BCUT2D eigenvalue weighted by Crippen LogP contribution is -2.40. The van der Waals surface area contributed by atoms with E-state index in [9.17, 15) is 4.79 Å². The zero-order chi connectivity index (χ0) is 13.1. The number of aromatic nitrogens is 1. The van der Waals surface area contributed by atoms with Gasteiger partial charge >= 0.3 is 0 Å². The Morgan fingerprint density at radius 3 is 2.79 bits per heavy atom. The van der Waals surface area contributed by atoms with Crippen LogP contribution in [-0.4, -0.2) is 42.1 Å². The highest BCUT2D eigenvalue weighted by Gasteiger charge is 2.20. The predicted molar refractivity (Wildman–Crippen MR) is 74.3 cm³/mol. The van der Waals surface area contributed by atoms with Crippen LogP contribution >= 0.6 is 11.3 Å². The van der Waals surface area contributed by atoms with Crippen LogP contribution in [0.5, 0.6) is 0 Å². The number of carbonyl (C=O) groups is 1. The SMILES string of the molecule is O=C(c1ccc(-c2ccccn2)s1)N1CCOCC1. The molecule has 1 fully saturated rings. The zero-order valence-corrected chi connectivity index (χ0v) is 11.2. The largest absolute Gasteiger partial charge is 0.378 e. The van der Waals surface area contributed by atoms with Gasteiger partial charge in [-0.25, -0.2) is 0 Å². The zero-order valence-electron chi connectivity index (χ0n) is 10.4. The number of pyridine rings is 1. The van der Waals surface area contributed by atoms with Crippen molar-refractivity contribution in [3.8, 4) is 10.6 Å². The van der Waals surface area contributed by atoms with Crippen molar-refractivity contribution in [1.82, 2.24) is 9.88 Å². The van der Waals surface area contributed by atoms with Gasteiger partial charge in [-0.2, -0.15) is 0 Å². The number of rotatable bonds is 2. The minimum atomic E-state index is 0.0930. The lowest BCUT2D eigenvalue weighted by Gasteiger charge is -2.26. The van der Waals surface area contributed by atoms with Crippen LogP contribution < -0.4 is 0 Å². The third-order valence-corrected chi connectivity index (χ3v) is 4.13. The molecular weight excluding hydrogens is 260 g/mol. The number of amides is 1. The van der Waals surface area contributed by atoms with Crippen molar-refractivity contribution in [3.05, 3.63) is 41.4 Å². The molecule has 19 heavy (non-hydrogen) atoms. The Morgan fingerprint density at radius 1 is 1.21 bits per heavy atom. The first-order chi connectivity index (χ1) is 9.34. The normalized spacial score (nSPS) is 15.5. The first kappa shape index (κ1) is 12.3. The van der Waals surface area contributed by atoms with Gasteiger partial charge in [-0.05, 0) is 24.3 Å². The van der Waals surface area contributed by atoms with Gasteiger partial charge in [0.25, 0.3) is 5.91 Å². The van der Waals surface area contributed by atoms with Crippen molar-refractivity contribution in [2.24, 2.45) is 0 Å². The minimum absolute atomic E-state index is 0.0930. The molecule has 0 bridgehead atoms. The van der Waals surface area contributed by atoms with E-state index in [1.807, 2.05) is 35.2 Å². The predicted octanol–water partition coefficient (Wildman–Crippen LogP) is 2.28. The molecule has 0 spiro atoms. The highest BCUT2D eigenvalue weighted by atomic mass is 32.1. The summed E-state index contributed by atoms with van der Waals surface area (Å²) in [5, 5.41) is 0. The summed E-state index contributed by atoms with van der Waals surface area (Å²) in [6, 6.07) is 9.63. The molecule has 98 valence electrons. The first-order valence-electron chi connectivity index (χ1n) is 6.23. The van der Waals surface area contributed by atoms with E-state index in [1.54, 1.807) is 6.20 Å². The molecule has 0 unspecified atom stereocenters. The second kappa shape index (κ2) is 5.50. The van der Waals surface area contributed by atoms with Crippen LogP contribution in [0.25, 0.3) is 10.6 Å². The molecule has 1 aliphatic rings. The van der Waals surface area contributed by atoms with Crippen LogP contribution in [-0.2, 0) is 4.74 Å². The Morgan fingerprint density at radius 2 is 2.05 bits per heavy atom. The van der Waals surface area contributed by atoms with Gasteiger partial charge in [-0.3, -0.25) is 9.78 Å². The quantitative estimate of drug-likeness (QED) is 0.843. The van der Waals surface area contributed by atoms with Crippen molar-refractivity contribution >= 4 is 17.2 Å². The topological polar surface area (TPSA) is 42.4 Å². The minimum Gasteiger partial charge on any atom is -0.378 e. The molecule has 0 atom stereocenters. The Hall–Kier alpha value is -1.72. The lowest BCUT2D eigenvalue weighted by atomic mass is 10.3. The summed E-state index contributed by atoms with van der Waals surface area (Å²) in [5.74, 6) is 0.0930. The van der Waals surface area contributed by atoms with Crippen LogP contribution in [0.15, 0.2) is 36.5 Å². The second-order valence-electron chi connectivity index (χ2n) is 4.28. The molecule has 0 aliphatic carbocycles. The maximum absolute atomic E-state index is 12.3. The fraction of sp³-hybridized carbons (Fsp3) is 0.286. The van der Waals surface area contributed by atoms with E-state index >= 15 is 0 Å². The maximum atomic E-state index is 12.3. The van der Waals surface area contributed by atoms with Crippen LogP contribution in [0.2, 0.25) is 0 Å². The Kier molecular flexibility index (Phi) is 3.57. The highest BCUT2D eigenvalue weighted by molar-refractivity contribution is 7.17. The van der Waals surface area contributed by atoms with E-state index in [4.69, 9.17) is 4.74 Å². The van der Waals surface area contributed by atoms with Gasteiger partial charge in [0.05, 0.1) is 28.7 Å². The summed E-state index contributed by atoms with van der Waals surface area (Å²) < 4.78 is 5.26. The molecular formula is C14H14N2O2S. The molecule has 1 saturated heterocycles. The van der Waals surface area contributed by atoms with E-state index < -0.39 is 0 Å². The molecule has 0 aromatic carbocycles. The summed E-state index contributed by atoms with van der Waals surface area (Å²) in [6.45, 7) is 2.61. The van der Waals surface area contributed by atoms with Crippen molar-refractivity contribution in [2.75, 3.05) is 26.3 Å². The van der Waals surface area contributed by atoms with Gasteiger partial charge in [0, 0.05) is 19.3 Å². The third kappa shape index (κ3) is 2.67. The number of hydrogen-bond donors (Lipinski definition) is 0. The molecule has 5 heteroatoms. The van der Waals surface area contributed by atoms with Gasteiger partial charge in [0.15, 0.2) is 0 Å². The van der Waals surface area contributed by atoms with E-state index in [0.29, 0.717) is 26.3 Å². The van der Waals surface area contributed by atoms with Crippen LogP contribution in [0.4, 0.5) is 0 Å². The van der Waals surface area contributed by atoms with Crippen molar-refractivity contribution in [3.63, 3.8) is 0 Å². The number of hydrogen-bond acceptors (Lipinski definition) is 4. The molecule has 3 heterocycles. The molecule has 0 saturated carbocycles. The molecule has 3 rings (SSSR count). The number of morpholine rings is 1. The summed E-state index contributed by atoms with van der Waals surface area (Å²) in [7, 11) is 0. The molecule has 0 radical (unpaired) electrons. The fourth-order valence-corrected chi connectivity index (χ4v) is 2.97. The molecule has 4 nitrogen and oxygen atoms in total. The second-order valence-corrected chi connectivity index (χ2v) is 5.37. The van der Waals surface area contributed by atoms with E-state index in [-0.39, 0.29) is 5.91 Å². The van der Waals surface area contributed by atoms with E-state index in [1.165, 1.54) is 11.3 Å². The van der Waals surface area contributed by atoms with Crippen LogP contribution in [0.3, 0.4) is 0 Å². The van der Waals surface area contributed by atoms with Crippen LogP contribution in [0.1, 0.15) is 9.67 Å². The highest BCUT2D eigenvalue weighted by Crippen LogP contribution is 2.27. The van der Waals surface area contributed by atoms with E-state index in [2.05, 4.69) is 4.98 Å². The summed E-state index contributed by atoms with van der Waals surface area (Å²) in [6.07, 6.45) is 1.76. The van der Waals surface area contributed by atoms with Gasteiger partial charge < -0.3 is 9.64 Å². The molecule has 2 aromatic heterocycles. The average Bonchev–Trinajstić information content (AvgIpc) is 2.98. The smallest absolute Gasteiger partial charge is 0.264 e. The van der Waals surface area contributed by atoms with Gasteiger partial charge in [-0.1, -0.05) is 6.07 Å². The van der Waals surface area contributed by atoms with Crippen molar-refractivity contribution < 1.29 is 9.53 Å². The van der Waals surface area contributed by atoms with Crippen molar-refractivity contribution in [1.29, 1.82) is 0 Å². The summed E-state index contributed by atoms with van der Waals surface area (Å²) >= 11 is 1.49. The number of carbonyl (C=O) groups excluding carboxylic acids is 1. The lowest BCUT2D eigenvalue weighted by molar-refractivity contribution is 0.0306. The monoisotopic (exact) mass is 274 g/mol. The van der Waals surface area contributed by atoms with E-state index in [0.717, 1.165) is 15.4 Å². The van der Waals surface area contributed by atoms with Gasteiger partial charge in [-0.15, -0.1) is 11.3 Å². The standard InChI is InChI=1S/C14H14N2O2S/c17-14(16-7-9-18-10-8-16)13-5-4-12(19-13)11-3-1-2-6-15-11/h1-6H,7-10H2. The fourth-order valence-electron chi connectivity index (χ4n) is 2.02. The molecule has 0 N–H and O–H groups in total. The maximum Gasteiger partial charge on any atom is 0.264 e. The Balaban J connectivity index is 1.79. The molecule has 1 amide bonds. The Labute approximate surface area is 115 Å². The molecule has 2 aromatic rings. The first-order valence-corrected chi connectivity index (χ1v) is 7.04. The Bertz CT molecular complexity index is 562. The number of nitrogens with zero attached hydrogens (tertiary/aromatic N) is 2. The number of thiophene rings is 1. The summed E-state index contributed by atoms with van der Waals surface area (Å²) in [5.41, 5.74) is 0.911. The van der Waals surface area contributed by atoms with Gasteiger partial charge in [0.2, 0.25) is 0 Å².